The van der Waals surface area contributed by atoms with Crippen molar-refractivity contribution in [2.45, 2.75) is 169 Å². The van der Waals surface area contributed by atoms with Gasteiger partial charge in [0.2, 0.25) is 0 Å². The lowest BCUT2D eigenvalue weighted by Crippen LogP contribution is -2.12. The Labute approximate surface area is 383 Å². The Morgan fingerprint density at radius 3 is 1.08 bits per heavy atom. The largest absolute Gasteiger partial charge is 0.513 e. The number of hydrogen-bond acceptors (Lipinski definition) is 6. The summed E-state index contributed by atoms with van der Waals surface area (Å²) < 4.78 is 24.0. The van der Waals surface area contributed by atoms with Crippen LogP contribution in [0.1, 0.15) is 167 Å². The fourth-order valence-corrected chi connectivity index (χ4v) is 9.25. The van der Waals surface area contributed by atoms with E-state index in [1.807, 2.05) is 24.3 Å². The zero-order valence-corrected chi connectivity index (χ0v) is 39.5. The Kier molecular flexibility index (Phi) is 19.7. The van der Waals surface area contributed by atoms with Crippen molar-refractivity contribution in [3.05, 3.63) is 96.1 Å². The van der Waals surface area contributed by atoms with Gasteiger partial charge in [-0.05, 0) is 82.3 Å². The molecule has 0 unspecified atom stereocenters. The van der Waals surface area contributed by atoms with Gasteiger partial charge in [0.1, 0.15) is 11.5 Å². The lowest BCUT2D eigenvalue weighted by atomic mass is 9.84. The first kappa shape index (κ1) is 48.4. The summed E-state index contributed by atoms with van der Waals surface area (Å²) in [6.45, 7) is 9.59. The van der Waals surface area contributed by atoms with Crippen LogP contribution in [0.5, 0.6) is 11.5 Å². The van der Waals surface area contributed by atoms with Crippen molar-refractivity contribution in [2.24, 2.45) is 0 Å². The van der Waals surface area contributed by atoms with Crippen molar-refractivity contribution in [1.82, 2.24) is 0 Å². The Bertz CT molecular complexity index is 2240. The molecule has 0 aliphatic rings. The molecule has 0 aliphatic heterocycles. The van der Waals surface area contributed by atoms with Gasteiger partial charge in [-0.25, -0.2) is 9.59 Å². The molecule has 0 saturated carbocycles. The maximum absolute atomic E-state index is 13.5. The van der Waals surface area contributed by atoms with Gasteiger partial charge >= 0.3 is 12.3 Å². The number of benzene rings is 6. The van der Waals surface area contributed by atoms with E-state index in [-0.39, 0.29) is 0 Å². The fourth-order valence-electron chi connectivity index (χ4n) is 9.25. The molecule has 342 valence electrons. The smallest absolute Gasteiger partial charge is 0.434 e. The molecule has 6 nitrogen and oxygen atoms in total. The van der Waals surface area contributed by atoms with Crippen molar-refractivity contribution in [3.8, 4) is 22.6 Å². The molecule has 0 atom stereocenters. The molecule has 0 heterocycles. The lowest BCUT2D eigenvalue weighted by molar-refractivity contribution is 0.0972. The average Bonchev–Trinajstić information content (AvgIpc) is 3.31. The number of aryl methyl sites for hydroxylation is 2. The quantitative estimate of drug-likeness (QED) is 0.0222. The highest BCUT2D eigenvalue weighted by molar-refractivity contribution is 6.27. The van der Waals surface area contributed by atoms with Gasteiger partial charge in [-0.2, -0.15) is 0 Å². The van der Waals surface area contributed by atoms with Crippen LogP contribution in [0.4, 0.5) is 9.59 Å². The van der Waals surface area contributed by atoms with Gasteiger partial charge in [-0.3, -0.25) is 0 Å². The summed E-state index contributed by atoms with van der Waals surface area (Å²) in [7, 11) is 0. The maximum Gasteiger partial charge on any atom is 0.513 e. The van der Waals surface area contributed by atoms with E-state index < -0.39 is 12.3 Å². The van der Waals surface area contributed by atoms with Crippen LogP contribution in [0.3, 0.4) is 0 Å². The number of rotatable bonds is 27. The number of fused-ring (bicyclic) bond motifs is 4. The molecule has 0 saturated heterocycles. The molecule has 0 aromatic heterocycles. The van der Waals surface area contributed by atoms with E-state index in [2.05, 4.69) is 88.4 Å². The summed E-state index contributed by atoms with van der Waals surface area (Å²) in [5.74, 6) is 1.02. The van der Waals surface area contributed by atoms with Gasteiger partial charge < -0.3 is 18.9 Å². The number of carbonyl (C=O) groups excluding carboxylic acids is 2. The van der Waals surface area contributed by atoms with E-state index in [9.17, 15) is 9.59 Å². The highest BCUT2D eigenvalue weighted by Gasteiger charge is 2.25. The van der Waals surface area contributed by atoms with Crippen LogP contribution in [0, 0.1) is 0 Å². The Morgan fingerprint density at radius 2 is 0.688 bits per heavy atom. The first-order valence-corrected chi connectivity index (χ1v) is 25.1. The Hall–Kier alpha value is -5.10. The van der Waals surface area contributed by atoms with Crippen LogP contribution in [0.25, 0.3) is 54.2 Å². The Balaban J connectivity index is 1.50. The van der Waals surface area contributed by atoms with Crippen molar-refractivity contribution >= 4 is 55.4 Å². The van der Waals surface area contributed by atoms with Crippen LogP contribution < -0.4 is 9.47 Å². The van der Waals surface area contributed by atoms with E-state index in [1.165, 1.54) is 88.2 Å². The molecule has 0 spiro atoms. The highest BCUT2D eigenvalue weighted by Crippen LogP contribution is 2.50. The average molecular weight is 867 g/mol. The molecule has 6 aromatic rings. The van der Waals surface area contributed by atoms with Crippen molar-refractivity contribution in [3.63, 3.8) is 0 Å². The summed E-state index contributed by atoms with van der Waals surface area (Å²) in [6, 6.07) is 29.8. The van der Waals surface area contributed by atoms with Gasteiger partial charge in [0, 0.05) is 21.5 Å². The molecule has 0 aliphatic carbocycles. The predicted octanol–water partition coefficient (Wildman–Crippen LogP) is 18.0. The predicted molar refractivity (Wildman–Crippen MR) is 268 cm³/mol. The summed E-state index contributed by atoms with van der Waals surface area (Å²) in [4.78, 5) is 27.1. The SMILES string of the molecule is CCCCCCCCOC(=O)Oc1c2ccccc2c(-c2c3ccccc3c(OC(=O)OCCCCCCCC)c3ccc(CCCCCC)cc23)c2cc(CCCCCC)ccc12. The van der Waals surface area contributed by atoms with Crippen molar-refractivity contribution in [1.29, 1.82) is 0 Å². The van der Waals surface area contributed by atoms with Gasteiger partial charge in [-0.15, -0.1) is 0 Å². The van der Waals surface area contributed by atoms with Gasteiger partial charge in [-0.1, -0.05) is 215 Å². The molecule has 0 fully saturated rings. The fraction of sp³-hybridized carbons (Fsp3) is 0.483. The third-order valence-corrected chi connectivity index (χ3v) is 12.8. The van der Waals surface area contributed by atoms with Crippen LogP contribution in [-0.4, -0.2) is 25.5 Å². The van der Waals surface area contributed by atoms with Crippen molar-refractivity contribution < 1.29 is 28.5 Å². The molecule has 6 rings (SSSR count). The molecule has 0 radical (unpaired) electrons. The third kappa shape index (κ3) is 13.0. The minimum absolute atomic E-state index is 0.334. The first-order valence-electron chi connectivity index (χ1n) is 25.1. The van der Waals surface area contributed by atoms with E-state index in [1.54, 1.807) is 0 Å². The maximum atomic E-state index is 13.5. The van der Waals surface area contributed by atoms with Crippen LogP contribution in [-0.2, 0) is 22.3 Å². The monoisotopic (exact) mass is 867 g/mol. The lowest BCUT2D eigenvalue weighted by Gasteiger charge is -2.22. The topological polar surface area (TPSA) is 71.1 Å². The van der Waals surface area contributed by atoms with Crippen LogP contribution in [0.15, 0.2) is 84.9 Å². The standard InChI is InChI=1S/C58H74O6/c1-5-9-13-17-19-27-39-61-57(59)63-55-47-33-25-23-31-45(47)53(51-41-43(35-37-49(51)55)29-21-15-11-7-3)54-46-32-24-26-34-48(46)56(64-58(60)62-40-28-20-18-14-10-6-2)50-38-36-44(42-52(50)54)30-22-16-12-8-4/h23-26,31-38,41-42H,5-22,27-30,39-40H2,1-4H3. The van der Waals surface area contributed by atoms with E-state index in [0.29, 0.717) is 24.7 Å². The molecular formula is C58H74O6. The van der Waals surface area contributed by atoms with Crippen LogP contribution >= 0.6 is 0 Å². The molecular weight excluding hydrogens is 793 g/mol. The molecule has 0 bridgehead atoms. The first-order chi connectivity index (χ1) is 31.5. The van der Waals surface area contributed by atoms with Crippen LogP contribution in [0.2, 0.25) is 0 Å². The van der Waals surface area contributed by atoms with Gasteiger partial charge in [0.05, 0.1) is 13.2 Å². The summed E-state index contributed by atoms with van der Waals surface area (Å²) in [5, 5.41) is 7.36. The number of hydrogen-bond donors (Lipinski definition) is 0. The van der Waals surface area contributed by atoms with Gasteiger partial charge in [0.15, 0.2) is 0 Å². The molecule has 6 aromatic carbocycles. The number of unbranched alkanes of at least 4 members (excludes halogenated alkanes) is 16. The van der Waals surface area contributed by atoms with Gasteiger partial charge in [0.25, 0.3) is 0 Å². The highest BCUT2D eigenvalue weighted by atomic mass is 16.7. The summed E-state index contributed by atoms with van der Waals surface area (Å²) in [5.41, 5.74) is 4.62. The zero-order chi connectivity index (χ0) is 44.9. The minimum Gasteiger partial charge on any atom is -0.434 e. The normalized spacial score (nSPS) is 11.5. The number of carbonyl (C=O) groups is 2. The second-order valence-corrected chi connectivity index (χ2v) is 17.8. The molecule has 64 heavy (non-hydrogen) atoms. The molecule has 6 heteroatoms. The molecule has 0 N–H and O–H groups in total. The Morgan fingerprint density at radius 1 is 0.359 bits per heavy atom. The second-order valence-electron chi connectivity index (χ2n) is 17.8. The molecule has 0 amide bonds. The van der Waals surface area contributed by atoms with E-state index >= 15 is 0 Å². The van der Waals surface area contributed by atoms with E-state index in [0.717, 1.165) is 118 Å². The number of ether oxygens (including phenoxy) is 4. The van der Waals surface area contributed by atoms with E-state index in [4.69, 9.17) is 18.9 Å². The van der Waals surface area contributed by atoms with Crippen molar-refractivity contribution in [2.75, 3.05) is 13.2 Å². The minimum atomic E-state index is -0.676. The second kappa shape index (κ2) is 26.0. The summed E-state index contributed by atoms with van der Waals surface area (Å²) in [6.07, 6.45) is 23.2. The zero-order valence-electron chi connectivity index (χ0n) is 39.5. The third-order valence-electron chi connectivity index (χ3n) is 12.8. The summed E-state index contributed by atoms with van der Waals surface area (Å²) >= 11 is 0.